The van der Waals surface area contributed by atoms with Crippen LogP contribution in [0.3, 0.4) is 0 Å². The Hall–Kier alpha value is -1.92. The lowest BCUT2D eigenvalue weighted by molar-refractivity contribution is -0.154. The molecule has 2 rings (SSSR count). The summed E-state index contributed by atoms with van der Waals surface area (Å²) in [4.78, 5) is 11.8. The van der Waals surface area contributed by atoms with E-state index in [4.69, 9.17) is 4.74 Å². The van der Waals surface area contributed by atoms with Crippen LogP contribution < -0.4 is 4.72 Å². The molecular formula is C17H21NO4S. The molecule has 0 aromatic heterocycles. The first kappa shape index (κ1) is 17.4. The largest absolute Gasteiger partial charge is 0.460 e. The molecular weight excluding hydrogens is 314 g/mol. The smallest absolute Gasteiger partial charge is 0.307 e. The summed E-state index contributed by atoms with van der Waals surface area (Å²) in [5.74, 6) is -0.432. The van der Waals surface area contributed by atoms with Crippen LogP contribution in [0, 0.1) is 0 Å². The molecule has 0 unspecified atom stereocenters. The van der Waals surface area contributed by atoms with Crippen LogP contribution in [0.5, 0.6) is 0 Å². The summed E-state index contributed by atoms with van der Waals surface area (Å²) in [5, 5.41) is 1.50. The number of carbonyl (C=O) groups excluding carboxylic acids is 1. The van der Waals surface area contributed by atoms with Crippen molar-refractivity contribution in [3.63, 3.8) is 0 Å². The zero-order chi connectivity index (χ0) is 17.1. The molecule has 2 aromatic carbocycles. The summed E-state index contributed by atoms with van der Waals surface area (Å²) in [5.41, 5.74) is -0.578. The van der Waals surface area contributed by atoms with Gasteiger partial charge in [0.1, 0.15) is 5.60 Å². The molecule has 0 atom stereocenters. The summed E-state index contributed by atoms with van der Waals surface area (Å²) in [6.45, 7) is 5.31. The van der Waals surface area contributed by atoms with Gasteiger partial charge in [-0.3, -0.25) is 4.79 Å². The molecule has 0 saturated carbocycles. The van der Waals surface area contributed by atoms with Gasteiger partial charge >= 0.3 is 5.97 Å². The first-order valence-corrected chi connectivity index (χ1v) is 8.87. The van der Waals surface area contributed by atoms with Crippen LogP contribution in [-0.2, 0) is 19.6 Å². The van der Waals surface area contributed by atoms with Gasteiger partial charge in [-0.2, -0.15) is 0 Å². The fourth-order valence-electron chi connectivity index (χ4n) is 2.19. The van der Waals surface area contributed by atoms with E-state index in [1.165, 1.54) is 0 Å². The quantitative estimate of drug-likeness (QED) is 0.853. The van der Waals surface area contributed by atoms with Crippen molar-refractivity contribution in [1.29, 1.82) is 0 Å². The maximum Gasteiger partial charge on any atom is 0.307 e. The van der Waals surface area contributed by atoms with E-state index in [2.05, 4.69) is 4.72 Å². The molecule has 0 heterocycles. The Kier molecular flexibility index (Phi) is 5.06. The standard InChI is InChI=1S/C17H21NO4S/c1-17(2,3)22-16(19)11-12-18-23(20,21)15-10-6-8-13-7-4-5-9-14(13)15/h4-10,18H,11-12H2,1-3H3. The third kappa shape index (κ3) is 4.77. The molecule has 0 fully saturated rings. The fraction of sp³-hybridized carbons (Fsp3) is 0.353. The Bertz CT molecular complexity index is 801. The number of fused-ring (bicyclic) bond motifs is 1. The minimum absolute atomic E-state index is 0.000464. The lowest BCUT2D eigenvalue weighted by Gasteiger charge is -2.19. The van der Waals surface area contributed by atoms with Crippen LogP contribution >= 0.6 is 0 Å². The molecule has 0 radical (unpaired) electrons. The first-order chi connectivity index (χ1) is 10.7. The zero-order valence-corrected chi connectivity index (χ0v) is 14.3. The van der Waals surface area contributed by atoms with Crippen molar-refractivity contribution < 1.29 is 17.9 Å². The number of sulfonamides is 1. The second-order valence-corrected chi connectivity index (χ2v) is 7.95. The lowest BCUT2D eigenvalue weighted by Crippen LogP contribution is -2.29. The number of carbonyl (C=O) groups is 1. The van der Waals surface area contributed by atoms with Crippen LogP contribution in [0.15, 0.2) is 47.4 Å². The monoisotopic (exact) mass is 335 g/mol. The molecule has 0 spiro atoms. The molecule has 0 bridgehead atoms. The molecule has 0 aliphatic rings. The minimum Gasteiger partial charge on any atom is -0.460 e. The second-order valence-electron chi connectivity index (χ2n) is 6.21. The maximum absolute atomic E-state index is 12.4. The predicted octanol–water partition coefficient (Wildman–Crippen LogP) is 2.85. The highest BCUT2D eigenvalue weighted by atomic mass is 32.2. The number of esters is 1. The van der Waals surface area contributed by atoms with Crippen molar-refractivity contribution in [2.45, 2.75) is 37.7 Å². The Labute approximate surface area is 136 Å². The molecule has 0 amide bonds. The van der Waals surface area contributed by atoms with Gasteiger partial charge in [-0.05, 0) is 32.2 Å². The van der Waals surface area contributed by atoms with E-state index >= 15 is 0 Å². The molecule has 0 aliphatic heterocycles. The van der Waals surface area contributed by atoms with Crippen LogP contribution in [-0.4, -0.2) is 26.5 Å². The number of hydrogen-bond acceptors (Lipinski definition) is 4. The molecule has 5 nitrogen and oxygen atoms in total. The topological polar surface area (TPSA) is 72.5 Å². The number of hydrogen-bond donors (Lipinski definition) is 1. The van der Waals surface area contributed by atoms with Crippen molar-refractivity contribution in [2.75, 3.05) is 6.54 Å². The third-order valence-corrected chi connectivity index (χ3v) is 4.60. The Morgan fingerprint density at radius 2 is 1.74 bits per heavy atom. The average molecular weight is 335 g/mol. The highest BCUT2D eigenvalue weighted by Crippen LogP contribution is 2.22. The van der Waals surface area contributed by atoms with Gasteiger partial charge in [0.2, 0.25) is 10.0 Å². The molecule has 0 saturated heterocycles. The maximum atomic E-state index is 12.4. The fourth-order valence-corrected chi connectivity index (χ4v) is 3.45. The van der Waals surface area contributed by atoms with E-state index in [9.17, 15) is 13.2 Å². The van der Waals surface area contributed by atoms with E-state index in [0.29, 0.717) is 5.39 Å². The SMILES string of the molecule is CC(C)(C)OC(=O)CCNS(=O)(=O)c1cccc2ccccc12. The average Bonchev–Trinajstić information content (AvgIpc) is 2.44. The summed E-state index contributed by atoms with van der Waals surface area (Å²) in [7, 11) is -3.68. The number of benzene rings is 2. The molecule has 6 heteroatoms. The van der Waals surface area contributed by atoms with Gasteiger partial charge in [0.15, 0.2) is 0 Å². The van der Waals surface area contributed by atoms with Gasteiger partial charge in [0, 0.05) is 11.9 Å². The van der Waals surface area contributed by atoms with Crippen LogP contribution in [0.4, 0.5) is 0 Å². The third-order valence-electron chi connectivity index (χ3n) is 3.08. The lowest BCUT2D eigenvalue weighted by atomic mass is 10.1. The van der Waals surface area contributed by atoms with E-state index in [0.717, 1.165) is 5.39 Å². The number of nitrogens with one attached hydrogen (secondary N) is 1. The summed E-state index contributed by atoms with van der Waals surface area (Å²) >= 11 is 0. The summed E-state index contributed by atoms with van der Waals surface area (Å²) in [6, 6.07) is 12.4. The van der Waals surface area contributed by atoms with Crippen LogP contribution in [0.25, 0.3) is 10.8 Å². The van der Waals surface area contributed by atoms with Crippen molar-refractivity contribution in [3.8, 4) is 0 Å². The van der Waals surface area contributed by atoms with Crippen LogP contribution in [0.2, 0.25) is 0 Å². The predicted molar refractivity (Wildman–Crippen MR) is 89.6 cm³/mol. The number of rotatable bonds is 5. The minimum atomic E-state index is -3.68. The highest BCUT2D eigenvalue weighted by molar-refractivity contribution is 7.89. The molecule has 2 aromatic rings. The molecule has 1 N–H and O–H groups in total. The summed E-state index contributed by atoms with van der Waals surface area (Å²) in [6.07, 6.45) is -0.0126. The van der Waals surface area contributed by atoms with Gasteiger partial charge in [0.05, 0.1) is 11.3 Å². The molecule has 124 valence electrons. The molecule has 0 aliphatic carbocycles. The van der Waals surface area contributed by atoms with E-state index in [1.807, 2.05) is 18.2 Å². The van der Waals surface area contributed by atoms with Crippen molar-refractivity contribution >= 4 is 26.8 Å². The Balaban J connectivity index is 2.09. The second kappa shape index (κ2) is 6.68. The first-order valence-electron chi connectivity index (χ1n) is 7.38. The van der Waals surface area contributed by atoms with Crippen molar-refractivity contribution in [2.24, 2.45) is 0 Å². The van der Waals surface area contributed by atoms with Gasteiger partial charge < -0.3 is 4.74 Å². The van der Waals surface area contributed by atoms with Gasteiger partial charge in [0.25, 0.3) is 0 Å². The Morgan fingerprint density at radius 3 is 2.43 bits per heavy atom. The van der Waals surface area contributed by atoms with Crippen molar-refractivity contribution in [1.82, 2.24) is 4.72 Å². The van der Waals surface area contributed by atoms with E-state index < -0.39 is 21.6 Å². The number of ether oxygens (including phenoxy) is 1. The van der Waals surface area contributed by atoms with Crippen LogP contribution in [0.1, 0.15) is 27.2 Å². The normalized spacial score (nSPS) is 12.3. The zero-order valence-electron chi connectivity index (χ0n) is 13.5. The van der Waals surface area contributed by atoms with E-state index in [1.54, 1.807) is 45.0 Å². The summed E-state index contributed by atoms with van der Waals surface area (Å²) < 4.78 is 32.5. The van der Waals surface area contributed by atoms with Crippen molar-refractivity contribution in [3.05, 3.63) is 42.5 Å². The highest BCUT2D eigenvalue weighted by Gasteiger charge is 2.19. The van der Waals surface area contributed by atoms with Gasteiger partial charge in [-0.25, -0.2) is 13.1 Å². The van der Waals surface area contributed by atoms with Gasteiger partial charge in [-0.15, -0.1) is 0 Å². The van der Waals surface area contributed by atoms with E-state index in [-0.39, 0.29) is 17.9 Å². The Morgan fingerprint density at radius 1 is 1.09 bits per heavy atom. The molecule has 23 heavy (non-hydrogen) atoms. The van der Waals surface area contributed by atoms with Gasteiger partial charge in [-0.1, -0.05) is 36.4 Å².